The number of hydrogen-bond donors (Lipinski definition) is 1. The van der Waals surface area contributed by atoms with Crippen LogP contribution in [0.25, 0.3) is 0 Å². The van der Waals surface area contributed by atoms with Gasteiger partial charge < -0.3 is 0 Å². The number of hydrogen-bond acceptors (Lipinski definition) is 2. The molecule has 0 aliphatic rings. The van der Waals surface area contributed by atoms with E-state index < -0.39 is 21.6 Å². The first-order chi connectivity index (χ1) is 5.72. The van der Waals surface area contributed by atoms with Gasteiger partial charge in [-0.15, -0.1) is 17.0 Å². The Kier molecular flexibility index (Phi) is 14.4. The number of unbranched alkanes of at least 4 members (excludes halogenated alkanes) is 1. The molecule has 2 nitrogen and oxygen atoms in total. The zero-order valence-electron chi connectivity index (χ0n) is 8.88. The third-order valence-corrected chi connectivity index (χ3v) is 5.53. The summed E-state index contributed by atoms with van der Waals surface area (Å²) in [5.74, 6) is 0. The average Bonchev–Trinajstić information content (AvgIpc) is 2.10. The van der Waals surface area contributed by atoms with Crippen molar-refractivity contribution in [3.05, 3.63) is 0 Å². The van der Waals surface area contributed by atoms with Crippen molar-refractivity contribution >= 4 is 38.5 Å². The van der Waals surface area contributed by atoms with E-state index in [4.69, 9.17) is 8.81 Å². The van der Waals surface area contributed by atoms with Crippen molar-refractivity contribution < 1.29 is 3.07 Å². The maximum atomic E-state index is 6.01. The summed E-state index contributed by atoms with van der Waals surface area (Å²) in [6.07, 6.45) is 3.68. The van der Waals surface area contributed by atoms with E-state index in [0.717, 1.165) is 6.61 Å². The van der Waals surface area contributed by atoms with Crippen molar-refractivity contribution in [1.82, 2.24) is 0 Å². The van der Waals surface area contributed by atoms with Gasteiger partial charge in [0.05, 0.1) is 0 Å². The molecule has 0 aromatic heterocycles. The Morgan fingerprint density at radius 3 is 2.46 bits per heavy atom. The topological polar surface area (TPSA) is 35.2 Å². The molecule has 80 valence electrons. The Balaban J connectivity index is 0. The molecule has 0 amide bonds. The van der Waals surface area contributed by atoms with E-state index in [1.54, 1.807) is 0 Å². The Morgan fingerprint density at radius 2 is 2.00 bits per heavy atom. The van der Waals surface area contributed by atoms with E-state index in [1.165, 1.54) is 19.3 Å². The minimum atomic E-state index is -0.627. The van der Waals surface area contributed by atoms with Gasteiger partial charge in [0.2, 0.25) is 0 Å². The van der Waals surface area contributed by atoms with Gasteiger partial charge in [0.25, 0.3) is 0 Å². The third kappa shape index (κ3) is 9.50. The van der Waals surface area contributed by atoms with E-state index in [-0.39, 0.29) is 17.0 Å². The van der Waals surface area contributed by atoms with Gasteiger partial charge in [-0.3, -0.25) is 0 Å². The van der Waals surface area contributed by atoms with Crippen molar-refractivity contribution in [1.29, 1.82) is 0 Å². The van der Waals surface area contributed by atoms with E-state index in [9.17, 15) is 0 Å². The van der Waals surface area contributed by atoms with E-state index in [1.807, 2.05) is 0 Å². The van der Waals surface area contributed by atoms with Crippen molar-refractivity contribution in [3.63, 3.8) is 0 Å². The second-order valence-electron chi connectivity index (χ2n) is 3.15. The molecule has 0 aromatic carbocycles. The Hall–Kier alpha value is 1.20. The van der Waals surface area contributed by atoms with Crippen LogP contribution in [0.15, 0.2) is 0 Å². The van der Waals surface area contributed by atoms with Crippen LogP contribution in [-0.4, -0.2) is 34.2 Å². The van der Waals surface area contributed by atoms with Crippen LogP contribution in [0.4, 0.5) is 0 Å². The summed E-state index contributed by atoms with van der Waals surface area (Å²) in [6, 6.07) is 0.392. The van der Waals surface area contributed by atoms with E-state index in [2.05, 4.69) is 20.8 Å². The molecule has 0 fully saturated rings. The summed E-state index contributed by atoms with van der Waals surface area (Å²) in [7, 11) is 0. The zero-order valence-corrected chi connectivity index (χ0v) is 13.4. The van der Waals surface area contributed by atoms with Crippen LogP contribution in [0.1, 0.15) is 40.0 Å². The van der Waals surface area contributed by atoms with E-state index in [0.29, 0.717) is 9.98 Å². The molecule has 0 aromatic rings. The van der Waals surface area contributed by atoms with Crippen LogP contribution in [0.3, 0.4) is 0 Å². The van der Waals surface area contributed by atoms with Gasteiger partial charge in [0, 0.05) is 0 Å². The molecule has 0 heterocycles. The van der Waals surface area contributed by atoms with Gasteiger partial charge in [0.1, 0.15) is 0 Å². The first-order valence-corrected chi connectivity index (χ1v) is 7.66. The first-order valence-electron chi connectivity index (χ1n) is 4.85. The van der Waals surface area contributed by atoms with Gasteiger partial charge in [-0.1, -0.05) is 0 Å². The molecule has 0 saturated carbocycles. The van der Waals surface area contributed by atoms with Gasteiger partial charge in [0.15, 0.2) is 0 Å². The predicted octanol–water partition coefficient (Wildman–Crippen LogP) is 2.55. The van der Waals surface area contributed by atoms with Gasteiger partial charge in [-0.05, 0) is 0 Å². The summed E-state index contributed by atoms with van der Waals surface area (Å²) in [5, 5.41) is 0. The molecule has 0 rings (SSSR count). The summed E-state index contributed by atoms with van der Waals surface area (Å²) < 4.78 is 6.15. The molecular formula is C9H22BrNOSn. The Bertz CT molecular complexity index is 93.6. The molecule has 0 aliphatic carbocycles. The standard InChI is InChI=1S/C7H16N.C2H5O.BrH.Sn/c1-3-5-6-7(8)4-2;1-2-3;;/h4,7H,3,5-6,8H2,1-2H3;2H2,1H3;1H;/q;-1;;+1. The molecule has 2 radical (unpaired) electrons. The maximum absolute atomic E-state index is 6.01. The number of halogens is 1. The molecule has 2 atom stereocenters. The van der Waals surface area contributed by atoms with Gasteiger partial charge >= 0.3 is 87.0 Å². The molecule has 4 heteroatoms. The monoisotopic (exact) mass is 359 g/mol. The van der Waals surface area contributed by atoms with Crippen molar-refractivity contribution in [2.24, 2.45) is 5.73 Å². The SMILES string of the molecule is Br.CCCCC(N)[CH](C)[Sn][O]CC. The first kappa shape index (κ1) is 16.6. The molecule has 0 saturated heterocycles. The van der Waals surface area contributed by atoms with Crippen LogP contribution in [0.2, 0.25) is 3.93 Å². The van der Waals surface area contributed by atoms with Crippen LogP contribution >= 0.6 is 17.0 Å². The fraction of sp³-hybridized carbons (Fsp3) is 1.00. The quantitative estimate of drug-likeness (QED) is 0.710. The van der Waals surface area contributed by atoms with Crippen LogP contribution in [0.5, 0.6) is 0 Å². The van der Waals surface area contributed by atoms with Crippen molar-refractivity contribution in [3.8, 4) is 0 Å². The second-order valence-corrected chi connectivity index (χ2v) is 7.24. The van der Waals surface area contributed by atoms with Crippen molar-refractivity contribution in [2.45, 2.75) is 50.0 Å². The zero-order chi connectivity index (χ0) is 9.40. The van der Waals surface area contributed by atoms with Crippen LogP contribution in [-0.2, 0) is 3.07 Å². The Morgan fingerprint density at radius 1 is 1.38 bits per heavy atom. The van der Waals surface area contributed by atoms with E-state index >= 15 is 0 Å². The summed E-state index contributed by atoms with van der Waals surface area (Å²) >= 11 is -0.627. The summed E-state index contributed by atoms with van der Waals surface area (Å²) in [5.41, 5.74) is 6.01. The normalized spacial score (nSPS) is 14.8. The molecule has 0 spiro atoms. The molecule has 2 N–H and O–H groups in total. The van der Waals surface area contributed by atoms with Gasteiger partial charge in [-0.2, -0.15) is 0 Å². The summed E-state index contributed by atoms with van der Waals surface area (Å²) in [4.78, 5) is 0. The van der Waals surface area contributed by atoms with Crippen LogP contribution < -0.4 is 5.73 Å². The molecule has 13 heavy (non-hydrogen) atoms. The second kappa shape index (κ2) is 11.3. The molecule has 0 aliphatic heterocycles. The molecule has 0 bridgehead atoms. The fourth-order valence-electron chi connectivity index (χ4n) is 0.992. The number of nitrogens with two attached hydrogens (primary N) is 1. The van der Waals surface area contributed by atoms with Gasteiger partial charge in [-0.25, -0.2) is 0 Å². The number of rotatable bonds is 7. The van der Waals surface area contributed by atoms with Crippen LogP contribution in [0, 0.1) is 0 Å². The third-order valence-electron chi connectivity index (χ3n) is 1.95. The Labute approximate surface area is 104 Å². The molecule has 2 unspecified atom stereocenters. The fourth-order valence-corrected chi connectivity index (χ4v) is 3.19. The average molecular weight is 359 g/mol. The molecular weight excluding hydrogens is 337 g/mol. The summed E-state index contributed by atoms with van der Waals surface area (Å²) in [6.45, 7) is 7.38. The minimum absolute atomic E-state index is 0. The van der Waals surface area contributed by atoms with Crippen molar-refractivity contribution in [2.75, 3.05) is 6.61 Å². The predicted molar refractivity (Wildman–Crippen MR) is 64.6 cm³/mol.